The first-order valence-corrected chi connectivity index (χ1v) is 3.01. The Morgan fingerprint density at radius 3 is 2.33 bits per heavy atom. The van der Waals surface area contributed by atoms with Gasteiger partial charge in [0.15, 0.2) is 0 Å². The second-order valence-corrected chi connectivity index (χ2v) is 2.55. The van der Waals surface area contributed by atoms with Crippen LogP contribution in [0.15, 0.2) is 0 Å². The lowest BCUT2D eigenvalue weighted by molar-refractivity contribution is -0.197. The molecule has 3 N–H and O–H groups in total. The number of aliphatic hydroxyl groups is 1. The molecule has 0 spiro atoms. The lowest BCUT2D eigenvalue weighted by Crippen LogP contribution is -2.71. The van der Waals surface area contributed by atoms with Gasteiger partial charge in [-0.05, 0) is 6.92 Å². The van der Waals surface area contributed by atoms with E-state index in [2.05, 4.69) is 0 Å². The number of rotatable bonds is 0. The zero-order chi connectivity index (χ0) is 9.57. The molecule has 0 unspecified atom stereocenters. The van der Waals surface area contributed by atoms with E-state index in [1.165, 1.54) is 10.6 Å². The maximum absolute atomic E-state index is 12.7. The summed E-state index contributed by atoms with van der Waals surface area (Å²) >= 11 is 0. The number of carbonyl (C=O) groups excluding carboxylic acids is 2. The summed E-state index contributed by atoms with van der Waals surface area (Å²) in [6.07, 6.45) is 0. The molecule has 0 aromatic rings. The molecule has 1 atom stereocenters. The Bertz CT molecular complexity index is 251. The van der Waals surface area contributed by atoms with Gasteiger partial charge in [0.25, 0.3) is 0 Å². The number of carbonyl (C=O) groups is 2. The molecule has 3 amide bonds. The van der Waals surface area contributed by atoms with Crippen molar-refractivity contribution in [2.45, 2.75) is 18.6 Å². The molecule has 1 saturated heterocycles. The van der Waals surface area contributed by atoms with Gasteiger partial charge < -0.3 is 10.4 Å². The van der Waals surface area contributed by atoms with Gasteiger partial charge in [0.2, 0.25) is 5.72 Å². The predicted octanol–water partition coefficient (Wildman–Crippen LogP) is -0.830. The average Bonchev–Trinajstić information content (AvgIpc) is 1.82. The fourth-order valence-electron chi connectivity index (χ4n) is 0.733. The van der Waals surface area contributed by atoms with Crippen molar-refractivity contribution >= 4 is 11.9 Å². The topological polar surface area (TPSA) is 78.4 Å². The van der Waals surface area contributed by atoms with Gasteiger partial charge in [0.1, 0.15) is 0 Å². The molecule has 5 nitrogen and oxygen atoms in total. The number of urea groups is 1. The second kappa shape index (κ2) is 2.13. The molecule has 68 valence electrons. The van der Waals surface area contributed by atoms with Gasteiger partial charge in [-0.25, -0.2) is 4.79 Å². The van der Waals surface area contributed by atoms with Crippen molar-refractivity contribution in [1.29, 1.82) is 0 Å². The van der Waals surface area contributed by atoms with Gasteiger partial charge in [-0.2, -0.15) is 8.78 Å². The smallest absolute Gasteiger partial charge is 0.366 e. The Morgan fingerprint density at radius 1 is 1.42 bits per heavy atom. The third kappa shape index (κ3) is 1.02. The Kier molecular flexibility index (Phi) is 1.57. The zero-order valence-electron chi connectivity index (χ0n) is 6.02. The number of hydrogen-bond acceptors (Lipinski definition) is 3. The van der Waals surface area contributed by atoms with Gasteiger partial charge in [-0.1, -0.05) is 0 Å². The average molecular weight is 180 g/mol. The van der Waals surface area contributed by atoms with Crippen molar-refractivity contribution < 1.29 is 23.5 Å². The highest BCUT2D eigenvalue weighted by Gasteiger charge is 2.60. The minimum Gasteiger partial charge on any atom is -0.366 e. The number of halogens is 2. The van der Waals surface area contributed by atoms with Crippen molar-refractivity contribution in [3.63, 3.8) is 0 Å². The summed E-state index contributed by atoms with van der Waals surface area (Å²) in [7, 11) is 0. The maximum Gasteiger partial charge on any atom is 0.370 e. The summed E-state index contributed by atoms with van der Waals surface area (Å²) in [5.74, 6) is -5.82. The summed E-state index contributed by atoms with van der Waals surface area (Å²) in [6.45, 7) is 0.643. The van der Waals surface area contributed by atoms with Crippen LogP contribution in [0.25, 0.3) is 0 Å². The third-order valence-corrected chi connectivity index (χ3v) is 1.48. The quantitative estimate of drug-likeness (QED) is 0.455. The molecule has 1 heterocycles. The first-order valence-electron chi connectivity index (χ1n) is 3.01. The van der Waals surface area contributed by atoms with Crippen LogP contribution in [0.5, 0.6) is 0 Å². The zero-order valence-corrected chi connectivity index (χ0v) is 6.02. The molecule has 1 rings (SSSR count). The molecule has 1 aliphatic rings. The summed E-state index contributed by atoms with van der Waals surface area (Å²) in [4.78, 5) is 20.9. The molecule has 0 aromatic carbocycles. The molecule has 1 aliphatic heterocycles. The molecule has 0 saturated carbocycles. The molecule has 0 aromatic heterocycles. The van der Waals surface area contributed by atoms with Crippen LogP contribution in [0, 0.1) is 0 Å². The van der Waals surface area contributed by atoms with Gasteiger partial charge >= 0.3 is 17.9 Å². The van der Waals surface area contributed by atoms with Crippen molar-refractivity contribution in [1.82, 2.24) is 10.6 Å². The van der Waals surface area contributed by atoms with Crippen LogP contribution in [0.3, 0.4) is 0 Å². The Labute approximate surface area is 65.7 Å². The molecule has 0 radical (unpaired) electrons. The maximum atomic E-state index is 12.7. The Hall–Kier alpha value is -1.24. The molecular formula is C5H6F2N2O3. The van der Waals surface area contributed by atoms with Crippen LogP contribution < -0.4 is 10.6 Å². The van der Waals surface area contributed by atoms with Crippen LogP contribution in [-0.4, -0.2) is 28.7 Å². The van der Waals surface area contributed by atoms with Crippen molar-refractivity contribution in [2.75, 3.05) is 0 Å². The van der Waals surface area contributed by atoms with Crippen molar-refractivity contribution in [2.24, 2.45) is 0 Å². The predicted molar refractivity (Wildman–Crippen MR) is 32.2 cm³/mol. The molecule has 0 aliphatic carbocycles. The minimum absolute atomic E-state index is 0.643. The molecule has 7 heteroatoms. The van der Waals surface area contributed by atoms with Crippen LogP contribution in [0.2, 0.25) is 0 Å². The van der Waals surface area contributed by atoms with E-state index in [1.54, 1.807) is 0 Å². The first-order chi connectivity index (χ1) is 5.27. The number of alkyl halides is 2. The number of imide groups is 1. The summed E-state index contributed by atoms with van der Waals surface area (Å²) in [6, 6.07) is -1.14. The highest BCUT2D eigenvalue weighted by atomic mass is 19.3. The largest absolute Gasteiger partial charge is 0.370 e. The second-order valence-electron chi connectivity index (χ2n) is 2.55. The molecule has 1 fully saturated rings. The van der Waals surface area contributed by atoms with Crippen LogP contribution in [0.4, 0.5) is 13.6 Å². The highest BCUT2D eigenvalue weighted by Crippen LogP contribution is 2.28. The summed E-state index contributed by atoms with van der Waals surface area (Å²) in [5.41, 5.74) is -2.83. The summed E-state index contributed by atoms with van der Waals surface area (Å²) in [5, 5.41) is 11.7. The standard InChI is InChI=1S/C5H6F2N2O3/c1-4(12)5(6,7)2(10)8-3(11)9-4/h12H,1H3,(H2,8,9,10,11)/t4-/m0/s1. The molecule has 0 bridgehead atoms. The molecular weight excluding hydrogens is 174 g/mol. The van der Waals surface area contributed by atoms with Gasteiger partial charge in [0, 0.05) is 0 Å². The van der Waals surface area contributed by atoms with Gasteiger partial charge in [-0.3, -0.25) is 10.1 Å². The van der Waals surface area contributed by atoms with E-state index in [9.17, 15) is 18.4 Å². The number of hydrogen-bond donors (Lipinski definition) is 3. The highest BCUT2D eigenvalue weighted by molar-refractivity contribution is 6.01. The monoisotopic (exact) mass is 180 g/mol. The van der Waals surface area contributed by atoms with Gasteiger partial charge in [-0.15, -0.1) is 0 Å². The van der Waals surface area contributed by atoms with Crippen LogP contribution in [-0.2, 0) is 4.79 Å². The molecule has 12 heavy (non-hydrogen) atoms. The lowest BCUT2D eigenvalue weighted by Gasteiger charge is -2.35. The van der Waals surface area contributed by atoms with Crippen LogP contribution >= 0.6 is 0 Å². The summed E-state index contributed by atoms with van der Waals surface area (Å²) < 4.78 is 25.3. The third-order valence-electron chi connectivity index (χ3n) is 1.48. The fraction of sp³-hybridized carbons (Fsp3) is 0.600. The Balaban J connectivity index is 3.02. The fourth-order valence-corrected chi connectivity index (χ4v) is 0.733. The lowest BCUT2D eigenvalue weighted by atomic mass is 10.1. The van der Waals surface area contributed by atoms with E-state index < -0.39 is 23.6 Å². The van der Waals surface area contributed by atoms with Crippen molar-refractivity contribution in [3.05, 3.63) is 0 Å². The van der Waals surface area contributed by atoms with E-state index in [0.29, 0.717) is 6.92 Å². The Morgan fingerprint density at radius 2 is 1.92 bits per heavy atom. The van der Waals surface area contributed by atoms with E-state index in [1.807, 2.05) is 0 Å². The van der Waals surface area contributed by atoms with E-state index >= 15 is 0 Å². The minimum atomic E-state index is -4.01. The van der Waals surface area contributed by atoms with E-state index in [0.717, 1.165) is 0 Å². The van der Waals surface area contributed by atoms with Crippen molar-refractivity contribution in [3.8, 4) is 0 Å². The number of amides is 3. The number of nitrogens with one attached hydrogen (secondary N) is 2. The van der Waals surface area contributed by atoms with E-state index in [-0.39, 0.29) is 0 Å². The normalized spacial score (nSPS) is 34.0. The van der Waals surface area contributed by atoms with Gasteiger partial charge in [0.05, 0.1) is 0 Å². The first kappa shape index (κ1) is 8.85. The van der Waals surface area contributed by atoms with E-state index in [4.69, 9.17) is 5.11 Å². The van der Waals surface area contributed by atoms with Crippen LogP contribution in [0.1, 0.15) is 6.92 Å². The SMILES string of the molecule is C[C@@]1(O)NC(=O)NC(=O)C1(F)F.